The van der Waals surface area contributed by atoms with E-state index in [0.717, 1.165) is 18.4 Å². The Bertz CT molecular complexity index is 179. The summed E-state index contributed by atoms with van der Waals surface area (Å²) in [5.41, 5.74) is 0. The summed E-state index contributed by atoms with van der Waals surface area (Å²) in [5, 5.41) is 8.49. The smallest absolute Gasteiger partial charge is 0.0701 e. The SMILES string of the molecule is CC1CCC(COCCOCCOCCO)CC1. The molecule has 1 aliphatic rings. The van der Waals surface area contributed by atoms with Crippen LogP contribution in [-0.2, 0) is 14.2 Å². The van der Waals surface area contributed by atoms with Gasteiger partial charge in [-0.1, -0.05) is 19.8 Å². The third kappa shape index (κ3) is 8.03. The third-order valence-corrected chi connectivity index (χ3v) is 3.47. The van der Waals surface area contributed by atoms with Crippen molar-refractivity contribution in [3.05, 3.63) is 0 Å². The number of hydrogen-bond donors (Lipinski definition) is 1. The van der Waals surface area contributed by atoms with Crippen molar-refractivity contribution in [3.63, 3.8) is 0 Å². The van der Waals surface area contributed by atoms with Gasteiger partial charge >= 0.3 is 0 Å². The van der Waals surface area contributed by atoms with Gasteiger partial charge in [-0.05, 0) is 24.7 Å². The molecule has 0 aliphatic heterocycles. The van der Waals surface area contributed by atoms with Gasteiger partial charge in [0, 0.05) is 6.61 Å². The molecule has 4 nitrogen and oxygen atoms in total. The molecule has 0 atom stereocenters. The van der Waals surface area contributed by atoms with Gasteiger partial charge in [0.05, 0.1) is 39.6 Å². The van der Waals surface area contributed by atoms with Gasteiger partial charge in [0.2, 0.25) is 0 Å². The fraction of sp³-hybridized carbons (Fsp3) is 1.00. The predicted octanol–water partition coefficient (Wildman–Crippen LogP) is 1.85. The standard InChI is InChI=1S/C14H28O4/c1-13-2-4-14(5-3-13)12-18-11-10-17-9-8-16-7-6-15/h13-15H,2-12H2,1H3. The largest absolute Gasteiger partial charge is 0.394 e. The molecule has 0 aromatic rings. The molecule has 0 spiro atoms. The van der Waals surface area contributed by atoms with Crippen LogP contribution in [0.25, 0.3) is 0 Å². The number of aliphatic hydroxyl groups is 1. The first-order valence-corrected chi connectivity index (χ1v) is 7.17. The molecule has 1 rings (SSSR count). The lowest BCUT2D eigenvalue weighted by atomic mass is 9.83. The van der Waals surface area contributed by atoms with E-state index in [1.165, 1.54) is 25.7 Å². The van der Waals surface area contributed by atoms with Crippen LogP contribution >= 0.6 is 0 Å². The zero-order valence-corrected chi connectivity index (χ0v) is 11.6. The van der Waals surface area contributed by atoms with Crippen molar-refractivity contribution in [1.29, 1.82) is 0 Å². The van der Waals surface area contributed by atoms with Crippen molar-refractivity contribution in [2.24, 2.45) is 11.8 Å². The highest BCUT2D eigenvalue weighted by atomic mass is 16.5. The van der Waals surface area contributed by atoms with Crippen LogP contribution < -0.4 is 0 Å². The molecule has 1 aliphatic carbocycles. The lowest BCUT2D eigenvalue weighted by Crippen LogP contribution is -2.19. The van der Waals surface area contributed by atoms with E-state index in [1.807, 2.05) is 0 Å². The Kier molecular flexibility index (Phi) is 9.48. The second-order valence-electron chi connectivity index (χ2n) is 5.15. The van der Waals surface area contributed by atoms with Gasteiger partial charge in [-0.25, -0.2) is 0 Å². The summed E-state index contributed by atoms with van der Waals surface area (Å²) in [6.07, 6.45) is 5.34. The number of aliphatic hydroxyl groups excluding tert-OH is 1. The summed E-state index contributed by atoms with van der Waals surface area (Å²) in [6.45, 7) is 6.10. The maximum absolute atomic E-state index is 8.49. The highest BCUT2D eigenvalue weighted by Crippen LogP contribution is 2.28. The van der Waals surface area contributed by atoms with Crippen molar-refractivity contribution in [2.75, 3.05) is 46.2 Å². The molecule has 0 aromatic heterocycles. The molecule has 0 saturated heterocycles. The van der Waals surface area contributed by atoms with Crippen molar-refractivity contribution in [1.82, 2.24) is 0 Å². The molecule has 18 heavy (non-hydrogen) atoms. The van der Waals surface area contributed by atoms with Crippen LogP contribution in [0.5, 0.6) is 0 Å². The quantitative estimate of drug-likeness (QED) is 0.609. The van der Waals surface area contributed by atoms with Gasteiger partial charge in [-0.15, -0.1) is 0 Å². The second-order valence-corrected chi connectivity index (χ2v) is 5.15. The summed E-state index contributed by atoms with van der Waals surface area (Å²) >= 11 is 0. The van der Waals surface area contributed by atoms with Crippen molar-refractivity contribution in [3.8, 4) is 0 Å². The van der Waals surface area contributed by atoms with Gasteiger partial charge in [-0.2, -0.15) is 0 Å². The molecule has 1 N–H and O–H groups in total. The van der Waals surface area contributed by atoms with Gasteiger partial charge in [-0.3, -0.25) is 0 Å². The van der Waals surface area contributed by atoms with Gasteiger partial charge in [0.15, 0.2) is 0 Å². The summed E-state index contributed by atoms with van der Waals surface area (Å²) in [4.78, 5) is 0. The van der Waals surface area contributed by atoms with E-state index in [2.05, 4.69) is 6.92 Å². The van der Waals surface area contributed by atoms with Gasteiger partial charge in [0.1, 0.15) is 0 Å². The summed E-state index contributed by atoms with van der Waals surface area (Å²) in [7, 11) is 0. The van der Waals surface area contributed by atoms with Crippen molar-refractivity contribution in [2.45, 2.75) is 32.6 Å². The zero-order valence-electron chi connectivity index (χ0n) is 11.6. The summed E-state index contributed by atoms with van der Waals surface area (Å²) in [5.74, 6) is 1.66. The van der Waals surface area contributed by atoms with Crippen LogP contribution in [0.15, 0.2) is 0 Å². The lowest BCUT2D eigenvalue weighted by Gasteiger charge is -2.25. The predicted molar refractivity (Wildman–Crippen MR) is 70.7 cm³/mol. The van der Waals surface area contributed by atoms with E-state index in [9.17, 15) is 0 Å². The molecule has 0 amide bonds. The summed E-state index contributed by atoms with van der Waals surface area (Å²) in [6, 6.07) is 0. The third-order valence-electron chi connectivity index (χ3n) is 3.47. The Morgan fingerprint density at radius 2 is 1.39 bits per heavy atom. The monoisotopic (exact) mass is 260 g/mol. The average molecular weight is 260 g/mol. The van der Waals surface area contributed by atoms with Gasteiger partial charge in [0.25, 0.3) is 0 Å². The fourth-order valence-corrected chi connectivity index (χ4v) is 2.25. The topological polar surface area (TPSA) is 47.9 Å². The Balaban J connectivity index is 1.78. The van der Waals surface area contributed by atoms with E-state index in [-0.39, 0.29) is 6.61 Å². The molecule has 0 bridgehead atoms. The summed E-state index contributed by atoms with van der Waals surface area (Å²) < 4.78 is 16.1. The van der Waals surface area contributed by atoms with E-state index in [0.29, 0.717) is 33.0 Å². The molecule has 0 aromatic carbocycles. The first-order chi connectivity index (χ1) is 8.83. The van der Waals surface area contributed by atoms with Crippen LogP contribution in [0.3, 0.4) is 0 Å². The second kappa shape index (κ2) is 10.7. The molecule has 0 unspecified atom stereocenters. The van der Waals surface area contributed by atoms with Crippen molar-refractivity contribution >= 4 is 0 Å². The number of ether oxygens (including phenoxy) is 3. The van der Waals surface area contributed by atoms with Crippen LogP contribution in [-0.4, -0.2) is 51.4 Å². The minimum absolute atomic E-state index is 0.0725. The first kappa shape index (κ1) is 15.9. The molecule has 0 radical (unpaired) electrons. The van der Waals surface area contributed by atoms with Crippen LogP contribution in [0.1, 0.15) is 32.6 Å². The Morgan fingerprint density at radius 1 is 0.833 bits per heavy atom. The Hall–Kier alpha value is -0.160. The molecular weight excluding hydrogens is 232 g/mol. The van der Waals surface area contributed by atoms with Crippen LogP contribution in [0, 0.1) is 11.8 Å². The van der Waals surface area contributed by atoms with E-state index in [1.54, 1.807) is 0 Å². The number of hydrogen-bond acceptors (Lipinski definition) is 4. The van der Waals surface area contributed by atoms with Crippen LogP contribution in [0.2, 0.25) is 0 Å². The van der Waals surface area contributed by atoms with Crippen LogP contribution in [0.4, 0.5) is 0 Å². The van der Waals surface area contributed by atoms with E-state index in [4.69, 9.17) is 19.3 Å². The molecular formula is C14H28O4. The zero-order chi connectivity index (χ0) is 13.1. The van der Waals surface area contributed by atoms with E-state index >= 15 is 0 Å². The normalized spacial score (nSPS) is 24.3. The molecule has 4 heteroatoms. The molecule has 1 fully saturated rings. The van der Waals surface area contributed by atoms with Crippen molar-refractivity contribution < 1.29 is 19.3 Å². The van der Waals surface area contributed by atoms with E-state index < -0.39 is 0 Å². The fourth-order valence-electron chi connectivity index (χ4n) is 2.25. The lowest BCUT2D eigenvalue weighted by molar-refractivity contribution is -0.00144. The molecule has 0 heterocycles. The average Bonchev–Trinajstić information content (AvgIpc) is 2.39. The molecule has 1 saturated carbocycles. The highest BCUT2D eigenvalue weighted by molar-refractivity contribution is 4.69. The Labute approximate surface area is 111 Å². The first-order valence-electron chi connectivity index (χ1n) is 7.17. The minimum atomic E-state index is 0.0725. The highest BCUT2D eigenvalue weighted by Gasteiger charge is 2.17. The maximum atomic E-state index is 8.49. The maximum Gasteiger partial charge on any atom is 0.0701 e. The minimum Gasteiger partial charge on any atom is -0.394 e. The Morgan fingerprint density at radius 3 is 2.00 bits per heavy atom. The van der Waals surface area contributed by atoms with Gasteiger partial charge < -0.3 is 19.3 Å². The number of rotatable bonds is 10. The molecule has 108 valence electrons.